The van der Waals surface area contributed by atoms with Crippen LogP contribution in [0.25, 0.3) is 22.3 Å². The van der Waals surface area contributed by atoms with Crippen LogP contribution in [0, 0.1) is 0 Å². The van der Waals surface area contributed by atoms with Crippen molar-refractivity contribution in [2.24, 2.45) is 0 Å². The van der Waals surface area contributed by atoms with E-state index in [2.05, 4.69) is 0 Å². The molecule has 1 fully saturated rings. The molecule has 2 aromatic carbocycles. The summed E-state index contributed by atoms with van der Waals surface area (Å²) in [6, 6.07) is 6.73. The van der Waals surface area contributed by atoms with Crippen LogP contribution in [0.4, 0.5) is 0 Å². The number of hydrogen-bond donors (Lipinski definition) is 9. The van der Waals surface area contributed by atoms with Crippen LogP contribution in [-0.2, 0) is 9.47 Å². The van der Waals surface area contributed by atoms with Crippen LogP contribution in [0.15, 0.2) is 51.4 Å². The van der Waals surface area contributed by atoms with Gasteiger partial charge in [-0.05, 0) is 43.2 Å². The van der Waals surface area contributed by atoms with Gasteiger partial charge in [-0.25, -0.2) is 0 Å². The minimum Gasteiger partial charge on any atom is -0.512 e. The van der Waals surface area contributed by atoms with E-state index in [1.54, 1.807) is 0 Å². The zero-order valence-corrected chi connectivity index (χ0v) is 22.2. The van der Waals surface area contributed by atoms with Crippen molar-refractivity contribution in [3.63, 3.8) is 0 Å². The molecule has 0 bridgehead atoms. The van der Waals surface area contributed by atoms with Gasteiger partial charge in [0.25, 0.3) is 0 Å². The van der Waals surface area contributed by atoms with E-state index in [1.807, 2.05) is 0 Å². The number of hydrogen-bond acceptors (Lipinski definition) is 13. The molecule has 0 aliphatic carbocycles. The maximum Gasteiger partial charge on any atom is 0.197 e. The second-order valence-electron chi connectivity index (χ2n) is 10.4. The highest BCUT2D eigenvalue weighted by molar-refractivity contribution is 5.92. The van der Waals surface area contributed by atoms with E-state index in [-0.39, 0.29) is 47.7 Å². The van der Waals surface area contributed by atoms with Gasteiger partial charge < -0.3 is 59.8 Å². The summed E-state index contributed by atoms with van der Waals surface area (Å²) in [4.78, 5) is 13.5. The molecule has 3 heterocycles. The lowest BCUT2D eigenvalue weighted by Crippen LogP contribution is -2.33. The van der Waals surface area contributed by atoms with E-state index in [1.165, 1.54) is 24.3 Å². The average molecular weight is 589 g/mol. The Morgan fingerprint density at radius 1 is 0.786 bits per heavy atom. The molecule has 0 saturated carbocycles. The zero-order chi connectivity index (χ0) is 30.3. The third kappa shape index (κ3) is 5.43. The second-order valence-corrected chi connectivity index (χ2v) is 10.4. The van der Waals surface area contributed by atoms with Crippen LogP contribution in [0.2, 0.25) is 0 Å². The number of aliphatic hydroxyl groups is 6. The van der Waals surface area contributed by atoms with E-state index in [0.29, 0.717) is 5.56 Å². The zero-order valence-electron chi connectivity index (χ0n) is 22.2. The Morgan fingerprint density at radius 3 is 2.10 bits per heavy atom. The number of benzene rings is 2. The van der Waals surface area contributed by atoms with Crippen LogP contribution in [0.1, 0.15) is 42.6 Å². The Hall–Kier alpha value is -3.69. The molecule has 2 aliphatic rings. The van der Waals surface area contributed by atoms with Gasteiger partial charge in [-0.2, -0.15) is 0 Å². The maximum atomic E-state index is 13.5. The van der Waals surface area contributed by atoms with Gasteiger partial charge in [0.05, 0.1) is 48.4 Å². The first-order valence-corrected chi connectivity index (χ1v) is 13.3. The largest absolute Gasteiger partial charge is 0.512 e. The van der Waals surface area contributed by atoms with Crippen LogP contribution in [0.3, 0.4) is 0 Å². The molecule has 0 spiro atoms. The standard InChI is InChI=1S/C29H32O13/c30-10-21-15(34)5-6-16(35)28(42-21)25-26(38)23-18(37)9-19(12-1-3-13(32)4-2-12)41-29(23)24(27(25)39)20-8-14(33)7-17(36)22(11-31)40-20/h1-4,8-9,15-17,20-22,28,30-36,38-39H,5-7,10-11H2/t15-,16+,17-,20+,21+,22+,28+/m0/s1. The van der Waals surface area contributed by atoms with Crippen molar-refractivity contribution >= 4 is 11.0 Å². The molecule has 0 radical (unpaired) electrons. The van der Waals surface area contributed by atoms with Crippen LogP contribution in [0.5, 0.6) is 17.2 Å². The summed E-state index contributed by atoms with van der Waals surface area (Å²) in [5.74, 6) is -1.98. The van der Waals surface area contributed by atoms with E-state index < -0.39 is 83.8 Å². The van der Waals surface area contributed by atoms with E-state index in [9.17, 15) is 50.8 Å². The first kappa shape index (κ1) is 29.8. The van der Waals surface area contributed by atoms with Gasteiger partial charge in [0.1, 0.15) is 52.8 Å². The number of phenols is 3. The van der Waals surface area contributed by atoms with E-state index in [4.69, 9.17) is 13.9 Å². The number of aromatic hydroxyl groups is 3. The summed E-state index contributed by atoms with van der Waals surface area (Å²) in [7, 11) is 0. The summed E-state index contributed by atoms with van der Waals surface area (Å²) in [6.45, 7) is -1.32. The molecule has 1 saturated heterocycles. The lowest BCUT2D eigenvalue weighted by Gasteiger charge is -2.29. The number of phenolic OH excluding ortho intramolecular Hbond substituents is 3. The molecular weight excluding hydrogens is 556 g/mol. The fourth-order valence-electron chi connectivity index (χ4n) is 5.40. The molecule has 7 atom stereocenters. The van der Waals surface area contributed by atoms with Crippen molar-refractivity contribution in [1.29, 1.82) is 0 Å². The van der Waals surface area contributed by atoms with Crippen molar-refractivity contribution in [2.45, 2.75) is 62.0 Å². The molecular formula is C29H32O13. The number of aliphatic hydroxyl groups excluding tert-OH is 6. The Balaban J connectivity index is 1.82. The Bertz CT molecular complexity index is 1530. The van der Waals surface area contributed by atoms with Crippen molar-refractivity contribution < 1.29 is 59.8 Å². The van der Waals surface area contributed by atoms with Crippen molar-refractivity contribution in [2.75, 3.05) is 13.2 Å². The minimum atomic E-state index is -1.54. The third-order valence-electron chi connectivity index (χ3n) is 7.65. The van der Waals surface area contributed by atoms with E-state index >= 15 is 0 Å². The van der Waals surface area contributed by atoms with Gasteiger partial charge >= 0.3 is 0 Å². The molecule has 9 N–H and O–H groups in total. The molecule has 0 unspecified atom stereocenters. The Morgan fingerprint density at radius 2 is 1.43 bits per heavy atom. The highest BCUT2D eigenvalue weighted by Gasteiger charge is 2.40. The predicted octanol–water partition coefficient (Wildman–Crippen LogP) is 1.14. The van der Waals surface area contributed by atoms with Crippen molar-refractivity contribution in [1.82, 2.24) is 0 Å². The summed E-state index contributed by atoms with van der Waals surface area (Å²) >= 11 is 0. The smallest absolute Gasteiger partial charge is 0.197 e. The monoisotopic (exact) mass is 588 g/mol. The summed E-state index contributed by atoms with van der Waals surface area (Å²) < 4.78 is 17.7. The second kappa shape index (κ2) is 11.9. The van der Waals surface area contributed by atoms with Gasteiger partial charge in [0, 0.05) is 18.1 Å². The third-order valence-corrected chi connectivity index (χ3v) is 7.65. The van der Waals surface area contributed by atoms with Gasteiger partial charge in [-0.1, -0.05) is 0 Å². The number of rotatable bonds is 5. The fraction of sp³-hybridized carbons (Fsp3) is 0.414. The molecule has 13 nitrogen and oxygen atoms in total. The first-order chi connectivity index (χ1) is 20.0. The molecule has 226 valence electrons. The predicted molar refractivity (Wildman–Crippen MR) is 145 cm³/mol. The van der Waals surface area contributed by atoms with E-state index in [0.717, 1.165) is 12.1 Å². The SMILES string of the molecule is O=c1cc(-c2ccc(O)cc2)oc2c([C@H]3C=C(O)C[C@H](O)[C@@H](CO)O3)c(O)c([C@@H]3O[C@H](CO)[C@@H](O)CC[C@H]3O)c(O)c12. The Labute approximate surface area is 238 Å². The van der Waals surface area contributed by atoms with Gasteiger partial charge in [-0.3, -0.25) is 4.79 Å². The minimum absolute atomic E-state index is 0.0184. The highest BCUT2D eigenvalue weighted by atomic mass is 16.5. The number of ether oxygens (including phenoxy) is 2. The molecule has 0 amide bonds. The topological polar surface area (TPSA) is 231 Å². The molecule has 42 heavy (non-hydrogen) atoms. The van der Waals surface area contributed by atoms with Crippen LogP contribution >= 0.6 is 0 Å². The summed E-state index contributed by atoms with van der Waals surface area (Å²) in [5, 5.41) is 94.1. The molecule has 13 heteroatoms. The fourth-order valence-corrected chi connectivity index (χ4v) is 5.40. The first-order valence-electron chi connectivity index (χ1n) is 13.3. The van der Waals surface area contributed by atoms with Crippen LogP contribution < -0.4 is 5.43 Å². The average Bonchev–Trinajstić information content (AvgIpc) is 3.18. The summed E-state index contributed by atoms with van der Waals surface area (Å²) in [5.41, 5.74) is -1.54. The van der Waals surface area contributed by atoms with Crippen molar-refractivity contribution in [3.8, 4) is 28.6 Å². The van der Waals surface area contributed by atoms with Gasteiger partial charge in [0.2, 0.25) is 0 Å². The quantitative estimate of drug-likeness (QED) is 0.204. The van der Waals surface area contributed by atoms with Gasteiger partial charge in [0.15, 0.2) is 11.0 Å². The molecule has 5 rings (SSSR count). The summed E-state index contributed by atoms with van der Waals surface area (Å²) in [6.07, 6.45) is -8.55. The lowest BCUT2D eigenvalue weighted by atomic mass is 9.92. The highest BCUT2D eigenvalue weighted by Crippen LogP contribution is 2.49. The normalized spacial score (nSPS) is 28.7. The molecule has 3 aromatic rings. The van der Waals surface area contributed by atoms with Gasteiger partial charge in [-0.15, -0.1) is 0 Å². The molecule has 2 aliphatic heterocycles. The Kier molecular flexibility index (Phi) is 8.44. The maximum absolute atomic E-state index is 13.5. The lowest BCUT2D eigenvalue weighted by molar-refractivity contribution is -0.114. The molecule has 1 aromatic heterocycles. The van der Waals surface area contributed by atoms with Crippen LogP contribution in [-0.4, -0.2) is 89.7 Å². The van der Waals surface area contributed by atoms with Crippen molar-refractivity contribution in [3.05, 3.63) is 63.5 Å². The number of fused-ring (bicyclic) bond motifs is 1.